The molecule has 60 valence electrons. The van der Waals surface area contributed by atoms with Gasteiger partial charge in [-0.3, -0.25) is 4.79 Å². The fourth-order valence-corrected chi connectivity index (χ4v) is 0.409. The van der Waals surface area contributed by atoms with Gasteiger partial charge in [0.2, 0.25) is 5.91 Å². The molecule has 1 amide bonds. The van der Waals surface area contributed by atoms with Crippen molar-refractivity contribution >= 4 is 5.91 Å². The van der Waals surface area contributed by atoms with Crippen molar-refractivity contribution in [1.29, 1.82) is 0 Å². The summed E-state index contributed by atoms with van der Waals surface area (Å²) in [4.78, 5) is 10.7. The van der Waals surface area contributed by atoms with Crippen molar-refractivity contribution in [3.63, 3.8) is 0 Å². The van der Waals surface area contributed by atoms with Gasteiger partial charge in [-0.2, -0.15) is 0 Å². The number of nitrogens with one attached hydrogen (secondary N) is 1. The van der Waals surface area contributed by atoms with Crippen LogP contribution in [-0.2, 0) is 4.79 Å². The van der Waals surface area contributed by atoms with Gasteiger partial charge in [0.15, 0.2) is 0 Å². The fourth-order valence-electron chi connectivity index (χ4n) is 0.409. The van der Waals surface area contributed by atoms with Crippen LogP contribution in [0.5, 0.6) is 0 Å². The number of carbonyl (C=O) groups excluding carboxylic acids is 1. The standard InChI is InChI=1S/C6H14N2O2/c1-4(9)3-8-6(10)5(2)7/h4-5,9H,3,7H2,1-2H3,(H,8,10). The SMILES string of the molecule is CC(O)CNC(=O)C(C)N. The van der Waals surface area contributed by atoms with Crippen molar-refractivity contribution in [2.75, 3.05) is 6.54 Å². The second-order valence-corrected chi connectivity index (χ2v) is 2.38. The number of nitrogens with two attached hydrogens (primary N) is 1. The van der Waals surface area contributed by atoms with Crippen LogP contribution in [-0.4, -0.2) is 29.7 Å². The van der Waals surface area contributed by atoms with Crippen molar-refractivity contribution in [1.82, 2.24) is 5.32 Å². The van der Waals surface area contributed by atoms with Crippen LogP contribution >= 0.6 is 0 Å². The predicted octanol–water partition coefficient (Wildman–Crippen LogP) is -1.17. The summed E-state index contributed by atoms with van der Waals surface area (Å²) in [5.41, 5.74) is 5.23. The summed E-state index contributed by atoms with van der Waals surface area (Å²) < 4.78 is 0. The maximum absolute atomic E-state index is 10.7. The average molecular weight is 146 g/mol. The number of amides is 1. The molecule has 0 saturated heterocycles. The molecule has 0 aromatic heterocycles. The molecular formula is C6H14N2O2. The Bertz CT molecular complexity index is 112. The summed E-state index contributed by atoms with van der Waals surface area (Å²) in [6.07, 6.45) is -0.511. The van der Waals surface area contributed by atoms with E-state index in [2.05, 4.69) is 5.32 Å². The van der Waals surface area contributed by atoms with E-state index in [9.17, 15) is 4.79 Å². The molecular weight excluding hydrogens is 132 g/mol. The topological polar surface area (TPSA) is 75.3 Å². The Balaban J connectivity index is 3.40. The van der Waals surface area contributed by atoms with E-state index in [0.717, 1.165) is 0 Å². The lowest BCUT2D eigenvalue weighted by atomic mass is 10.3. The molecule has 0 aromatic carbocycles. The average Bonchev–Trinajstić information content (AvgIpc) is 1.82. The number of aliphatic hydroxyl groups is 1. The zero-order valence-electron chi connectivity index (χ0n) is 6.29. The van der Waals surface area contributed by atoms with Crippen LogP contribution in [0.3, 0.4) is 0 Å². The van der Waals surface area contributed by atoms with Crippen LogP contribution in [0.25, 0.3) is 0 Å². The summed E-state index contributed by atoms with van der Waals surface area (Å²) in [6, 6.07) is -0.501. The minimum Gasteiger partial charge on any atom is -0.392 e. The Kier molecular flexibility index (Phi) is 3.99. The molecule has 0 aliphatic carbocycles. The Hall–Kier alpha value is -0.610. The summed E-state index contributed by atoms with van der Waals surface area (Å²) in [5.74, 6) is -0.235. The van der Waals surface area contributed by atoms with E-state index >= 15 is 0 Å². The fraction of sp³-hybridized carbons (Fsp3) is 0.833. The first kappa shape index (κ1) is 9.39. The zero-order chi connectivity index (χ0) is 8.15. The van der Waals surface area contributed by atoms with Gasteiger partial charge in [0.25, 0.3) is 0 Å². The second-order valence-electron chi connectivity index (χ2n) is 2.38. The Morgan fingerprint density at radius 2 is 2.20 bits per heavy atom. The molecule has 4 nitrogen and oxygen atoms in total. The number of hydrogen-bond acceptors (Lipinski definition) is 3. The van der Waals surface area contributed by atoms with Crippen LogP contribution < -0.4 is 11.1 Å². The maximum Gasteiger partial charge on any atom is 0.236 e. The van der Waals surface area contributed by atoms with Gasteiger partial charge in [-0.05, 0) is 13.8 Å². The predicted molar refractivity (Wildman–Crippen MR) is 38.3 cm³/mol. The third kappa shape index (κ3) is 4.29. The van der Waals surface area contributed by atoms with E-state index in [-0.39, 0.29) is 12.5 Å². The van der Waals surface area contributed by atoms with E-state index in [1.54, 1.807) is 13.8 Å². The quantitative estimate of drug-likeness (QED) is 0.469. The molecule has 0 aliphatic rings. The molecule has 0 saturated carbocycles. The van der Waals surface area contributed by atoms with Gasteiger partial charge >= 0.3 is 0 Å². The van der Waals surface area contributed by atoms with E-state index in [0.29, 0.717) is 0 Å². The van der Waals surface area contributed by atoms with Crippen LogP contribution in [0.1, 0.15) is 13.8 Å². The van der Waals surface area contributed by atoms with Crippen molar-refractivity contribution in [2.24, 2.45) is 5.73 Å². The van der Waals surface area contributed by atoms with Crippen LogP contribution in [0, 0.1) is 0 Å². The monoisotopic (exact) mass is 146 g/mol. The molecule has 0 spiro atoms. The number of hydrogen-bond donors (Lipinski definition) is 3. The van der Waals surface area contributed by atoms with Crippen LogP contribution in [0.4, 0.5) is 0 Å². The number of aliphatic hydroxyl groups excluding tert-OH is 1. The van der Waals surface area contributed by atoms with Gasteiger partial charge in [-0.1, -0.05) is 0 Å². The van der Waals surface area contributed by atoms with Gasteiger partial charge in [0.05, 0.1) is 12.1 Å². The van der Waals surface area contributed by atoms with Crippen molar-refractivity contribution in [2.45, 2.75) is 26.0 Å². The Morgan fingerprint density at radius 3 is 2.50 bits per heavy atom. The maximum atomic E-state index is 10.7. The summed E-state index contributed by atoms with van der Waals surface area (Å²) in [6.45, 7) is 3.46. The van der Waals surface area contributed by atoms with Crippen molar-refractivity contribution in [3.8, 4) is 0 Å². The van der Waals surface area contributed by atoms with E-state index in [1.165, 1.54) is 0 Å². The van der Waals surface area contributed by atoms with E-state index in [1.807, 2.05) is 0 Å². The third-order valence-electron chi connectivity index (χ3n) is 0.985. The highest BCUT2D eigenvalue weighted by molar-refractivity contribution is 5.80. The lowest BCUT2D eigenvalue weighted by Crippen LogP contribution is -2.41. The lowest BCUT2D eigenvalue weighted by Gasteiger charge is -2.08. The minimum atomic E-state index is -0.511. The largest absolute Gasteiger partial charge is 0.392 e. The van der Waals surface area contributed by atoms with Crippen LogP contribution in [0.2, 0.25) is 0 Å². The smallest absolute Gasteiger partial charge is 0.236 e. The molecule has 4 N–H and O–H groups in total. The Morgan fingerprint density at radius 1 is 1.70 bits per heavy atom. The lowest BCUT2D eigenvalue weighted by molar-refractivity contribution is -0.122. The molecule has 0 fully saturated rings. The normalized spacial score (nSPS) is 16.0. The molecule has 4 heteroatoms. The Labute approximate surface area is 60.4 Å². The highest BCUT2D eigenvalue weighted by Gasteiger charge is 2.06. The van der Waals surface area contributed by atoms with Crippen molar-refractivity contribution in [3.05, 3.63) is 0 Å². The van der Waals surface area contributed by atoms with Gasteiger partial charge in [-0.15, -0.1) is 0 Å². The molecule has 0 radical (unpaired) electrons. The van der Waals surface area contributed by atoms with Gasteiger partial charge in [-0.25, -0.2) is 0 Å². The van der Waals surface area contributed by atoms with Gasteiger partial charge in [0.1, 0.15) is 0 Å². The molecule has 0 bridgehead atoms. The first-order valence-corrected chi connectivity index (χ1v) is 3.25. The second kappa shape index (κ2) is 4.24. The minimum absolute atomic E-state index is 0.235. The van der Waals surface area contributed by atoms with E-state index < -0.39 is 12.1 Å². The molecule has 0 aromatic rings. The summed E-state index contributed by atoms with van der Waals surface area (Å²) in [7, 11) is 0. The molecule has 0 heterocycles. The van der Waals surface area contributed by atoms with Gasteiger partial charge in [0, 0.05) is 6.54 Å². The van der Waals surface area contributed by atoms with Crippen molar-refractivity contribution < 1.29 is 9.90 Å². The summed E-state index contributed by atoms with van der Waals surface area (Å²) >= 11 is 0. The third-order valence-corrected chi connectivity index (χ3v) is 0.985. The molecule has 10 heavy (non-hydrogen) atoms. The zero-order valence-corrected chi connectivity index (χ0v) is 6.29. The molecule has 2 unspecified atom stereocenters. The molecule has 0 rings (SSSR count). The summed E-state index contributed by atoms with van der Waals surface area (Å²) in [5, 5.41) is 11.2. The van der Waals surface area contributed by atoms with Crippen LogP contribution in [0.15, 0.2) is 0 Å². The molecule has 2 atom stereocenters. The highest BCUT2D eigenvalue weighted by atomic mass is 16.3. The first-order chi connectivity index (χ1) is 4.54. The van der Waals surface area contributed by atoms with E-state index in [4.69, 9.17) is 10.8 Å². The first-order valence-electron chi connectivity index (χ1n) is 3.25. The molecule has 0 aliphatic heterocycles. The highest BCUT2D eigenvalue weighted by Crippen LogP contribution is 1.78. The van der Waals surface area contributed by atoms with Gasteiger partial charge < -0.3 is 16.2 Å². The number of carbonyl (C=O) groups is 1. The number of rotatable bonds is 3.